The summed E-state index contributed by atoms with van der Waals surface area (Å²) in [7, 11) is 0. The van der Waals surface area contributed by atoms with Gasteiger partial charge in [0.15, 0.2) is 0 Å². The first-order valence-corrected chi connectivity index (χ1v) is 5.02. The predicted octanol–water partition coefficient (Wildman–Crippen LogP) is 1.94. The molecule has 2 nitrogen and oxygen atoms in total. The van der Waals surface area contributed by atoms with Crippen molar-refractivity contribution in [3.63, 3.8) is 0 Å². The molecule has 0 aliphatic carbocycles. The molecule has 0 spiro atoms. The normalized spacial score (nSPS) is 21.2. The van der Waals surface area contributed by atoms with Crippen LogP contribution < -0.4 is 5.32 Å². The van der Waals surface area contributed by atoms with Gasteiger partial charge in [0.25, 0.3) is 0 Å². The average Bonchev–Trinajstić information content (AvgIpc) is 2.06. The third-order valence-electron chi connectivity index (χ3n) is 2.62. The van der Waals surface area contributed by atoms with Gasteiger partial charge in [-0.1, -0.05) is 6.92 Å². The summed E-state index contributed by atoms with van der Waals surface area (Å²) in [5.74, 6) is 0. The lowest BCUT2D eigenvalue weighted by Gasteiger charge is -2.32. The van der Waals surface area contributed by atoms with E-state index in [9.17, 15) is 0 Å². The zero-order chi connectivity index (χ0) is 9.03. The fraction of sp³-hybridized carbons (Fsp3) is 1.00. The second-order valence-electron chi connectivity index (χ2n) is 4.18. The molecule has 1 heterocycles. The Morgan fingerprint density at radius 1 is 1.33 bits per heavy atom. The Morgan fingerprint density at radius 2 is 1.92 bits per heavy atom. The summed E-state index contributed by atoms with van der Waals surface area (Å²) in [5.41, 5.74) is 0.0714. The molecular formula is C10H21NO. The lowest BCUT2D eigenvalue weighted by Crippen LogP contribution is -2.37. The molecule has 1 aliphatic heterocycles. The van der Waals surface area contributed by atoms with E-state index in [-0.39, 0.29) is 5.60 Å². The van der Waals surface area contributed by atoms with E-state index >= 15 is 0 Å². The van der Waals surface area contributed by atoms with Gasteiger partial charge in [0.05, 0.1) is 11.7 Å². The van der Waals surface area contributed by atoms with Crippen LogP contribution in [-0.2, 0) is 4.74 Å². The minimum Gasteiger partial charge on any atom is -0.372 e. The average molecular weight is 171 g/mol. The quantitative estimate of drug-likeness (QED) is 0.700. The molecule has 0 saturated carbocycles. The van der Waals surface area contributed by atoms with E-state index in [0.29, 0.717) is 6.10 Å². The third kappa shape index (κ3) is 3.11. The lowest BCUT2D eigenvalue weighted by molar-refractivity contribution is -0.0832. The van der Waals surface area contributed by atoms with Crippen LogP contribution in [0.4, 0.5) is 0 Å². The molecular weight excluding hydrogens is 150 g/mol. The van der Waals surface area contributed by atoms with Crippen LogP contribution in [0.1, 0.15) is 40.0 Å². The molecule has 0 bridgehead atoms. The van der Waals surface area contributed by atoms with Gasteiger partial charge < -0.3 is 10.1 Å². The van der Waals surface area contributed by atoms with Gasteiger partial charge in [0.2, 0.25) is 0 Å². The predicted molar refractivity (Wildman–Crippen MR) is 51.3 cm³/mol. The Morgan fingerprint density at radius 3 is 2.42 bits per heavy atom. The summed E-state index contributed by atoms with van der Waals surface area (Å²) in [4.78, 5) is 0. The van der Waals surface area contributed by atoms with Gasteiger partial charge in [-0.25, -0.2) is 0 Å². The molecule has 1 saturated heterocycles. The SMILES string of the molecule is CCC(C)(C)OC1CCNCC1. The highest BCUT2D eigenvalue weighted by Crippen LogP contribution is 2.20. The first-order valence-electron chi connectivity index (χ1n) is 5.02. The Kier molecular flexibility index (Phi) is 3.53. The third-order valence-corrected chi connectivity index (χ3v) is 2.62. The van der Waals surface area contributed by atoms with E-state index in [1.807, 2.05) is 0 Å². The monoisotopic (exact) mass is 171 g/mol. The van der Waals surface area contributed by atoms with Gasteiger partial charge in [-0.2, -0.15) is 0 Å². The van der Waals surface area contributed by atoms with Gasteiger partial charge in [0.1, 0.15) is 0 Å². The molecule has 0 radical (unpaired) electrons. The Hall–Kier alpha value is -0.0800. The van der Waals surface area contributed by atoms with Crippen molar-refractivity contribution in [1.82, 2.24) is 5.32 Å². The summed E-state index contributed by atoms with van der Waals surface area (Å²) >= 11 is 0. The van der Waals surface area contributed by atoms with Crippen molar-refractivity contribution in [3.8, 4) is 0 Å². The number of hydrogen-bond donors (Lipinski definition) is 1. The van der Waals surface area contributed by atoms with Crippen molar-refractivity contribution in [2.45, 2.75) is 51.7 Å². The van der Waals surface area contributed by atoms with Crippen molar-refractivity contribution in [2.24, 2.45) is 0 Å². The maximum absolute atomic E-state index is 5.99. The molecule has 0 aromatic carbocycles. The smallest absolute Gasteiger partial charge is 0.0627 e. The van der Waals surface area contributed by atoms with Crippen molar-refractivity contribution in [3.05, 3.63) is 0 Å². The maximum Gasteiger partial charge on any atom is 0.0627 e. The van der Waals surface area contributed by atoms with Crippen LogP contribution in [0.3, 0.4) is 0 Å². The zero-order valence-corrected chi connectivity index (χ0v) is 8.52. The fourth-order valence-electron chi connectivity index (χ4n) is 1.45. The van der Waals surface area contributed by atoms with E-state index in [1.54, 1.807) is 0 Å². The Balaban J connectivity index is 2.28. The highest BCUT2D eigenvalue weighted by atomic mass is 16.5. The molecule has 0 unspecified atom stereocenters. The van der Waals surface area contributed by atoms with E-state index in [1.165, 1.54) is 12.8 Å². The van der Waals surface area contributed by atoms with E-state index < -0.39 is 0 Å². The Labute approximate surface area is 75.7 Å². The minimum absolute atomic E-state index is 0.0714. The minimum atomic E-state index is 0.0714. The molecule has 0 amide bonds. The molecule has 1 aliphatic rings. The van der Waals surface area contributed by atoms with Crippen LogP contribution in [0.15, 0.2) is 0 Å². The van der Waals surface area contributed by atoms with Crippen LogP contribution in [-0.4, -0.2) is 24.8 Å². The van der Waals surface area contributed by atoms with Crippen molar-refractivity contribution in [1.29, 1.82) is 0 Å². The first-order chi connectivity index (χ1) is 5.64. The highest BCUT2D eigenvalue weighted by molar-refractivity contribution is 4.74. The molecule has 0 aromatic heterocycles. The van der Waals surface area contributed by atoms with E-state index in [4.69, 9.17) is 4.74 Å². The fourth-order valence-corrected chi connectivity index (χ4v) is 1.45. The molecule has 1 rings (SSSR count). The van der Waals surface area contributed by atoms with Crippen LogP contribution in [0, 0.1) is 0 Å². The second-order valence-corrected chi connectivity index (χ2v) is 4.18. The van der Waals surface area contributed by atoms with Crippen molar-refractivity contribution < 1.29 is 4.74 Å². The molecule has 0 atom stereocenters. The summed E-state index contributed by atoms with van der Waals surface area (Å²) in [5, 5.41) is 3.34. The van der Waals surface area contributed by atoms with Crippen LogP contribution in [0.2, 0.25) is 0 Å². The molecule has 12 heavy (non-hydrogen) atoms. The van der Waals surface area contributed by atoms with E-state index in [2.05, 4.69) is 26.1 Å². The van der Waals surface area contributed by atoms with Crippen LogP contribution >= 0.6 is 0 Å². The van der Waals surface area contributed by atoms with Crippen molar-refractivity contribution in [2.75, 3.05) is 13.1 Å². The summed E-state index contributed by atoms with van der Waals surface area (Å²) < 4.78 is 5.99. The van der Waals surface area contributed by atoms with E-state index in [0.717, 1.165) is 19.5 Å². The summed E-state index contributed by atoms with van der Waals surface area (Å²) in [6.07, 6.45) is 3.92. The molecule has 0 aromatic rings. The lowest BCUT2D eigenvalue weighted by atomic mass is 10.0. The van der Waals surface area contributed by atoms with Gasteiger partial charge in [0, 0.05) is 0 Å². The number of piperidine rings is 1. The maximum atomic E-state index is 5.99. The van der Waals surface area contributed by atoms with Crippen molar-refractivity contribution >= 4 is 0 Å². The standard InChI is InChI=1S/C10H21NO/c1-4-10(2,3)12-9-5-7-11-8-6-9/h9,11H,4-8H2,1-3H3. The van der Waals surface area contributed by atoms with Gasteiger partial charge in [-0.15, -0.1) is 0 Å². The number of rotatable bonds is 3. The molecule has 1 fully saturated rings. The molecule has 72 valence electrons. The zero-order valence-electron chi connectivity index (χ0n) is 8.52. The Bertz CT molecular complexity index is 128. The number of hydrogen-bond acceptors (Lipinski definition) is 2. The largest absolute Gasteiger partial charge is 0.372 e. The van der Waals surface area contributed by atoms with Crippen LogP contribution in [0.25, 0.3) is 0 Å². The summed E-state index contributed by atoms with van der Waals surface area (Å²) in [6, 6.07) is 0. The topological polar surface area (TPSA) is 21.3 Å². The molecule has 2 heteroatoms. The molecule has 1 N–H and O–H groups in total. The highest BCUT2D eigenvalue weighted by Gasteiger charge is 2.22. The van der Waals surface area contributed by atoms with Gasteiger partial charge in [-0.3, -0.25) is 0 Å². The van der Waals surface area contributed by atoms with Gasteiger partial charge in [-0.05, 0) is 46.2 Å². The number of nitrogens with one attached hydrogen (secondary N) is 1. The van der Waals surface area contributed by atoms with Crippen LogP contribution in [0.5, 0.6) is 0 Å². The number of ether oxygens (including phenoxy) is 1. The summed E-state index contributed by atoms with van der Waals surface area (Å²) in [6.45, 7) is 8.76. The second kappa shape index (κ2) is 4.24. The van der Waals surface area contributed by atoms with Gasteiger partial charge >= 0.3 is 0 Å². The first kappa shape index (κ1) is 10.0.